The van der Waals surface area contributed by atoms with Crippen molar-refractivity contribution >= 4 is 23.2 Å². The summed E-state index contributed by atoms with van der Waals surface area (Å²) in [5.74, 6) is -0.0131. The standard InChI is InChI=1S/C19H19N3O5/c1-11(2)13-10-17(27-22-13)19(24)20-12-6-7-15(25-3)14(9-12)21-18(23)16-5-4-8-26-16/h4-11H,1-3H3,(H,20,24)(H,21,23). The van der Waals surface area contributed by atoms with Crippen LogP contribution in [-0.4, -0.2) is 24.1 Å². The van der Waals surface area contributed by atoms with Crippen molar-refractivity contribution in [3.8, 4) is 5.75 Å². The summed E-state index contributed by atoms with van der Waals surface area (Å²) in [4.78, 5) is 24.5. The highest BCUT2D eigenvalue weighted by atomic mass is 16.5. The van der Waals surface area contributed by atoms with Crippen LogP contribution in [0.5, 0.6) is 5.75 Å². The van der Waals surface area contributed by atoms with E-state index in [2.05, 4.69) is 15.8 Å². The predicted octanol–water partition coefficient (Wildman–Crippen LogP) is 3.90. The van der Waals surface area contributed by atoms with Gasteiger partial charge in [0.25, 0.3) is 11.8 Å². The van der Waals surface area contributed by atoms with E-state index in [-0.39, 0.29) is 17.4 Å². The third kappa shape index (κ3) is 4.17. The average Bonchev–Trinajstić information content (AvgIpc) is 3.34. The molecule has 27 heavy (non-hydrogen) atoms. The number of ether oxygens (including phenoxy) is 1. The molecule has 140 valence electrons. The number of hydrogen-bond donors (Lipinski definition) is 2. The minimum Gasteiger partial charge on any atom is -0.495 e. The molecule has 8 nitrogen and oxygen atoms in total. The van der Waals surface area contributed by atoms with E-state index in [1.807, 2.05) is 13.8 Å². The summed E-state index contributed by atoms with van der Waals surface area (Å²) >= 11 is 0. The number of nitrogens with zero attached hydrogens (tertiary/aromatic N) is 1. The van der Waals surface area contributed by atoms with Crippen molar-refractivity contribution in [2.75, 3.05) is 17.7 Å². The van der Waals surface area contributed by atoms with Gasteiger partial charge in [-0.3, -0.25) is 9.59 Å². The van der Waals surface area contributed by atoms with Crippen molar-refractivity contribution in [2.45, 2.75) is 19.8 Å². The fourth-order valence-electron chi connectivity index (χ4n) is 2.34. The van der Waals surface area contributed by atoms with Crippen molar-refractivity contribution in [3.05, 3.63) is 59.9 Å². The van der Waals surface area contributed by atoms with Crippen LogP contribution in [0.2, 0.25) is 0 Å². The fraction of sp³-hybridized carbons (Fsp3) is 0.211. The zero-order valence-electron chi connectivity index (χ0n) is 15.1. The van der Waals surface area contributed by atoms with E-state index in [4.69, 9.17) is 13.7 Å². The Hall–Kier alpha value is -3.55. The molecule has 0 saturated heterocycles. The molecule has 3 rings (SSSR count). The highest BCUT2D eigenvalue weighted by Crippen LogP contribution is 2.29. The van der Waals surface area contributed by atoms with Crippen LogP contribution < -0.4 is 15.4 Å². The molecular weight excluding hydrogens is 350 g/mol. The van der Waals surface area contributed by atoms with Gasteiger partial charge < -0.3 is 24.3 Å². The van der Waals surface area contributed by atoms with Gasteiger partial charge >= 0.3 is 0 Å². The minimum absolute atomic E-state index is 0.107. The lowest BCUT2D eigenvalue weighted by Gasteiger charge is -2.11. The molecule has 0 radical (unpaired) electrons. The lowest BCUT2D eigenvalue weighted by molar-refractivity contribution is 0.0984. The minimum atomic E-state index is -0.442. The molecule has 0 aliphatic rings. The highest BCUT2D eigenvalue weighted by Gasteiger charge is 2.17. The van der Waals surface area contributed by atoms with Gasteiger partial charge in [0.2, 0.25) is 5.76 Å². The summed E-state index contributed by atoms with van der Waals surface area (Å²) in [5.41, 5.74) is 1.54. The van der Waals surface area contributed by atoms with Crippen molar-refractivity contribution in [2.24, 2.45) is 0 Å². The predicted molar refractivity (Wildman–Crippen MR) is 98.2 cm³/mol. The van der Waals surface area contributed by atoms with Gasteiger partial charge in [-0.2, -0.15) is 0 Å². The van der Waals surface area contributed by atoms with E-state index >= 15 is 0 Å². The Morgan fingerprint density at radius 1 is 1.07 bits per heavy atom. The molecule has 0 fully saturated rings. The molecule has 8 heteroatoms. The molecular formula is C19H19N3O5. The average molecular weight is 369 g/mol. The third-order valence-corrected chi connectivity index (χ3v) is 3.79. The molecule has 0 saturated carbocycles. The van der Waals surface area contributed by atoms with E-state index in [1.165, 1.54) is 13.4 Å². The van der Waals surface area contributed by atoms with E-state index in [1.54, 1.807) is 36.4 Å². The summed E-state index contributed by atoms with van der Waals surface area (Å²) in [5, 5.41) is 9.27. The monoisotopic (exact) mass is 369 g/mol. The number of amides is 2. The van der Waals surface area contributed by atoms with Gasteiger partial charge in [0, 0.05) is 11.8 Å². The maximum Gasteiger partial charge on any atom is 0.294 e. The SMILES string of the molecule is COc1ccc(NC(=O)c2cc(C(C)C)no2)cc1NC(=O)c1ccco1. The number of furan rings is 1. The Labute approximate surface area is 155 Å². The number of methoxy groups -OCH3 is 1. The zero-order chi connectivity index (χ0) is 19.4. The molecule has 1 aromatic carbocycles. The zero-order valence-corrected chi connectivity index (χ0v) is 15.1. The van der Waals surface area contributed by atoms with Crippen LogP contribution in [0, 0.1) is 0 Å². The second kappa shape index (κ2) is 7.77. The van der Waals surface area contributed by atoms with Crippen molar-refractivity contribution in [1.29, 1.82) is 0 Å². The smallest absolute Gasteiger partial charge is 0.294 e. The summed E-state index contributed by atoms with van der Waals surface area (Å²) in [6.07, 6.45) is 1.41. The molecule has 2 aromatic heterocycles. The van der Waals surface area contributed by atoms with Gasteiger partial charge in [-0.05, 0) is 36.2 Å². The Morgan fingerprint density at radius 2 is 1.85 bits per heavy atom. The fourth-order valence-corrected chi connectivity index (χ4v) is 2.34. The number of aromatic nitrogens is 1. The summed E-state index contributed by atoms with van der Waals surface area (Å²) in [7, 11) is 1.48. The molecule has 2 amide bonds. The number of carbonyl (C=O) groups is 2. The van der Waals surface area contributed by atoms with Crippen LogP contribution in [0.25, 0.3) is 0 Å². The van der Waals surface area contributed by atoms with E-state index in [0.717, 1.165) is 0 Å². The van der Waals surface area contributed by atoms with Crippen molar-refractivity contribution in [3.63, 3.8) is 0 Å². The van der Waals surface area contributed by atoms with Crippen LogP contribution >= 0.6 is 0 Å². The first-order valence-electron chi connectivity index (χ1n) is 8.28. The van der Waals surface area contributed by atoms with Gasteiger partial charge in [0.15, 0.2) is 5.76 Å². The van der Waals surface area contributed by atoms with Crippen molar-refractivity contribution < 1.29 is 23.3 Å². The van der Waals surface area contributed by atoms with Crippen LogP contribution in [0.4, 0.5) is 11.4 Å². The summed E-state index contributed by atoms with van der Waals surface area (Å²) in [6.45, 7) is 3.91. The number of benzene rings is 1. The number of anilines is 2. The summed E-state index contributed by atoms with van der Waals surface area (Å²) in [6, 6.07) is 9.63. The topological polar surface area (TPSA) is 107 Å². The van der Waals surface area contributed by atoms with E-state index < -0.39 is 11.8 Å². The maximum absolute atomic E-state index is 12.3. The highest BCUT2D eigenvalue weighted by molar-refractivity contribution is 6.05. The number of carbonyl (C=O) groups excluding carboxylic acids is 2. The normalized spacial score (nSPS) is 10.7. The van der Waals surface area contributed by atoms with Gasteiger partial charge in [-0.15, -0.1) is 0 Å². The lowest BCUT2D eigenvalue weighted by atomic mass is 10.1. The largest absolute Gasteiger partial charge is 0.495 e. The Morgan fingerprint density at radius 3 is 2.48 bits per heavy atom. The molecule has 3 aromatic rings. The molecule has 2 N–H and O–H groups in total. The lowest BCUT2D eigenvalue weighted by Crippen LogP contribution is -2.14. The molecule has 0 atom stereocenters. The molecule has 0 spiro atoms. The van der Waals surface area contributed by atoms with Crippen molar-refractivity contribution in [1.82, 2.24) is 5.16 Å². The second-order valence-electron chi connectivity index (χ2n) is 6.07. The quantitative estimate of drug-likeness (QED) is 0.682. The van der Waals surface area contributed by atoms with Gasteiger partial charge in [0.05, 0.1) is 24.8 Å². The van der Waals surface area contributed by atoms with Gasteiger partial charge in [0.1, 0.15) is 5.75 Å². The first kappa shape index (κ1) is 18.2. The van der Waals surface area contributed by atoms with E-state index in [0.29, 0.717) is 22.8 Å². The van der Waals surface area contributed by atoms with Crippen LogP contribution in [0.1, 0.15) is 46.6 Å². The maximum atomic E-state index is 12.3. The molecule has 2 heterocycles. The molecule has 0 aliphatic heterocycles. The van der Waals surface area contributed by atoms with Gasteiger partial charge in [-0.25, -0.2) is 0 Å². The molecule has 0 bridgehead atoms. The first-order valence-corrected chi connectivity index (χ1v) is 8.28. The third-order valence-electron chi connectivity index (χ3n) is 3.79. The van der Waals surface area contributed by atoms with Crippen LogP contribution in [-0.2, 0) is 0 Å². The Kier molecular flexibility index (Phi) is 5.25. The second-order valence-corrected chi connectivity index (χ2v) is 6.07. The Bertz CT molecular complexity index is 944. The first-order chi connectivity index (χ1) is 13.0. The number of nitrogens with one attached hydrogen (secondary N) is 2. The molecule has 0 unspecified atom stereocenters. The Balaban J connectivity index is 1.77. The number of rotatable bonds is 6. The van der Waals surface area contributed by atoms with Crippen LogP contribution in [0.3, 0.4) is 0 Å². The molecule has 0 aliphatic carbocycles. The van der Waals surface area contributed by atoms with E-state index in [9.17, 15) is 9.59 Å². The summed E-state index contributed by atoms with van der Waals surface area (Å²) < 4.78 is 15.4. The number of hydrogen-bond acceptors (Lipinski definition) is 6. The van der Waals surface area contributed by atoms with Crippen LogP contribution in [0.15, 0.2) is 51.6 Å². The van der Waals surface area contributed by atoms with Gasteiger partial charge in [-0.1, -0.05) is 19.0 Å².